The third kappa shape index (κ3) is 4.34. The summed E-state index contributed by atoms with van der Waals surface area (Å²) >= 11 is 5.72. The Hall–Kier alpha value is -1.79. The number of amides is 1. The first-order valence-electron chi connectivity index (χ1n) is 5.53. The van der Waals surface area contributed by atoms with Crippen molar-refractivity contribution in [1.82, 2.24) is 0 Å². The molecule has 0 unspecified atom stereocenters. The number of halogens is 5. The first-order valence-corrected chi connectivity index (χ1v) is 5.90. The fourth-order valence-corrected chi connectivity index (χ4v) is 1.72. The fourth-order valence-electron chi connectivity index (χ4n) is 1.50. The minimum absolute atomic E-state index is 0. The number of carbonyl (C=O) groups excluding carboxylic acids is 1. The molecule has 1 heterocycles. The van der Waals surface area contributed by atoms with Crippen LogP contribution in [0.2, 0.25) is 5.02 Å². The molecule has 2 rings (SSSR count). The van der Waals surface area contributed by atoms with E-state index < -0.39 is 17.6 Å². The van der Waals surface area contributed by atoms with Gasteiger partial charge in [0.2, 0.25) is 0 Å². The highest BCUT2D eigenvalue weighted by Crippen LogP contribution is 2.31. The summed E-state index contributed by atoms with van der Waals surface area (Å²) < 4.78 is 37.4. The molecule has 0 aliphatic heterocycles. The van der Waals surface area contributed by atoms with Gasteiger partial charge in [-0.1, -0.05) is 29.8 Å². The maximum absolute atomic E-state index is 12.5. The number of benzene rings is 1. The molecule has 0 fully saturated rings. The molecular formula is C13H9Cl2F3N2O. The molecule has 0 saturated heterocycles. The molecular weight excluding hydrogens is 328 g/mol. The Labute approximate surface area is 129 Å². The lowest BCUT2D eigenvalue weighted by Gasteiger charge is -2.06. The van der Waals surface area contributed by atoms with Crippen LogP contribution in [0.15, 0.2) is 42.6 Å². The molecule has 0 aliphatic carbocycles. The number of carbonyl (C=O) groups is 1. The third-order valence-corrected chi connectivity index (χ3v) is 2.79. The zero-order chi connectivity index (χ0) is 14.8. The second-order valence-electron chi connectivity index (χ2n) is 3.93. The van der Waals surface area contributed by atoms with Crippen molar-refractivity contribution < 1.29 is 35.4 Å². The van der Waals surface area contributed by atoms with Crippen molar-refractivity contribution in [3.05, 3.63) is 58.7 Å². The summed E-state index contributed by atoms with van der Waals surface area (Å²) in [6, 6.07) is 8.99. The maximum atomic E-state index is 12.5. The number of aromatic nitrogens is 1. The number of alkyl halides is 3. The molecule has 21 heavy (non-hydrogen) atoms. The van der Waals surface area contributed by atoms with E-state index in [2.05, 4.69) is 10.3 Å². The maximum Gasteiger partial charge on any atom is 0.419 e. The van der Waals surface area contributed by atoms with Crippen molar-refractivity contribution in [1.29, 1.82) is 0 Å². The van der Waals surface area contributed by atoms with Crippen LogP contribution < -0.4 is 22.7 Å². The molecule has 1 aromatic heterocycles. The van der Waals surface area contributed by atoms with E-state index in [0.29, 0.717) is 5.56 Å². The van der Waals surface area contributed by atoms with Crippen molar-refractivity contribution in [2.75, 3.05) is 5.32 Å². The number of hydrogen-bond acceptors (Lipinski definition) is 1. The lowest BCUT2D eigenvalue weighted by Crippen LogP contribution is -3.00. The van der Waals surface area contributed by atoms with Gasteiger partial charge in [-0.3, -0.25) is 0 Å². The molecule has 1 amide bonds. The lowest BCUT2D eigenvalue weighted by atomic mass is 10.2. The second-order valence-corrected chi connectivity index (χ2v) is 4.34. The molecule has 0 radical (unpaired) electrons. The smallest absolute Gasteiger partial charge is 0.419 e. The summed E-state index contributed by atoms with van der Waals surface area (Å²) in [5.74, 6) is -0.461. The summed E-state index contributed by atoms with van der Waals surface area (Å²) in [4.78, 5) is 14.2. The monoisotopic (exact) mass is 336 g/mol. The van der Waals surface area contributed by atoms with Crippen molar-refractivity contribution in [3.63, 3.8) is 0 Å². The van der Waals surface area contributed by atoms with Crippen LogP contribution in [0.25, 0.3) is 0 Å². The lowest BCUT2D eigenvalue weighted by molar-refractivity contribution is -0.364. The Morgan fingerprint density at radius 3 is 2.33 bits per heavy atom. The Morgan fingerprint density at radius 1 is 1.19 bits per heavy atom. The molecule has 0 saturated carbocycles. The molecule has 3 nitrogen and oxygen atoms in total. The van der Waals surface area contributed by atoms with E-state index in [9.17, 15) is 18.0 Å². The van der Waals surface area contributed by atoms with Crippen LogP contribution in [0.3, 0.4) is 0 Å². The van der Waals surface area contributed by atoms with Gasteiger partial charge in [0, 0.05) is 0 Å². The van der Waals surface area contributed by atoms with Gasteiger partial charge < -0.3 is 12.4 Å². The Kier molecular flexibility index (Phi) is 5.57. The van der Waals surface area contributed by atoms with Crippen LogP contribution in [0.4, 0.5) is 19.0 Å². The van der Waals surface area contributed by atoms with Crippen molar-refractivity contribution in [2.45, 2.75) is 6.18 Å². The van der Waals surface area contributed by atoms with Crippen LogP contribution in [-0.4, -0.2) is 5.91 Å². The van der Waals surface area contributed by atoms with E-state index in [1.165, 1.54) is 0 Å². The first-order chi connectivity index (χ1) is 9.38. The molecule has 112 valence electrons. The van der Waals surface area contributed by atoms with Gasteiger partial charge in [0.25, 0.3) is 5.82 Å². The van der Waals surface area contributed by atoms with E-state index in [0.717, 1.165) is 12.3 Å². The molecule has 8 heteroatoms. The van der Waals surface area contributed by atoms with Gasteiger partial charge in [-0.05, 0) is 18.2 Å². The van der Waals surface area contributed by atoms with Crippen LogP contribution in [0, 0.1) is 0 Å². The molecule has 2 N–H and O–H groups in total. The first kappa shape index (κ1) is 17.3. The van der Waals surface area contributed by atoms with Gasteiger partial charge in [0.15, 0.2) is 0 Å². The number of aromatic amines is 1. The van der Waals surface area contributed by atoms with E-state index in [-0.39, 0.29) is 23.2 Å². The summed E-state index contributed by atoms with van der Waals surface area (Å²) in [5.41, 5.74) is -0.544. The highest BCUT2D eigenvalue weighted by molar-refractivity contribution is 6.33. The predicted octanol–water partition coefficient (Wildman–Crippen LogP) is 0.429. The number of H-pyrrole nitrogens is 1. The van der Waals surface area contributed by atoms with Gasteiger partial charge in [-0.15, -0.1) is 0 Å². The summed E-state index contributed by atoms with van der Waals surface area (Å²) in [6.07, 6.45) is -3.76. The summed E-state index contributed by atoms with van der Waals surface area (Å²) in [5, 5.41) is 2.19. The quantitative estimate of drug-likeness (QED) is 0.849. The largest absolute Gasteiger partial charge is 1.00 e. The SMILES string of the molecule is O=C(Nc1[nH+]cc(C(F)(F)F)cc1Cl)c1ccccc1.[Cl-]. The highest BCUT2D eigenvalue weighted by atomic mass is 35.5. The average Bonchev–Trinajstić information content (AvgIpc) is 2.41. The van der Waals surface area contributed by atoms with E-state index in [1.807, 2.05) is 0 Å². The molecule has 0 spiro atoms. The summed E-state index contributed by atoms with van der Waals surface area (Å²) in [7, 11) is 0. The van der Waals surface area contributed by atoms with Crippen molar-refractivity contribution >= 4 is 23.3 Å². The van der Waals surface area contributed by atoms with Crippen molar-refractivity contribution in [3.8, 4) is 0 Å². The molecule has 0 bridgehead atoms. The van der Waals surface area contributed by atoms with E-state index >= 15 is 0 Å². The van der Waals surface area contributed by atoms with Crippen LogP contribution >= 0.6 is 11.6 Å². The minimum Gasteiger partial charge on any atom is -1.00 e. The third-order valence-electron chi connectivity index (χ3n) is 2.49. The number of rotatable bonds is 2. The standard InChI is InChI=1S/C13H8ClF3N2O.ClH/c14-10-6-9(13(15,16)17)7-18-11(10)19-12(20)8-4-2-1-3-5-8;/h1-7H,(H,18,19,20);1H. The zero-order valence-corrected chi connectivity index (χ0v) is 11.9. The van der Waals surface area contributed by atoms with E-state index in [4.69, 9.17) is 11.6 Å². The van der Waals surface area contributed by atoms with Gasteiger partial charge in [0.05, 0.1) is 11.1 Å². The second kappa shape index (κ2) is 6.78. The van der Waals surface area contributed by atoms with Crippen LogP contribution in [0.1, 0.15) is 15.9 Å². The van der Waals surface area contributed by atoms with Crippen LogP contribution in [-0.2, 0) is 6.18 Å². The highest BCUT2D eigenvalue weighted by Gasteiger charge is 2.33. The number of nitrogens with one attached hydrogen (secondary N) is 2. The van der Waals surface area contributed by atoms with Crippen molar-refractivity contribution in [2.24, 2.45) is 0 Å². The van der Waals surface area contributed by atoms with E-state index in [1.54, 1.807) is 30.3 Å². The Bertz CT molecular complexity index is 633. The van der Waals surface area contributed by atoms with Gasteiger partial charge in [-0.25, -0.2) is 15.1 Å². The topological polar surface area (TPSA) is 43.2 Å². The number of pyridine rings is 1. The molecule has 0 aliphatic rings. The summed E-state index contributed by atoms with van der Waals surface area (Å²) in [6.45, 7) is 0. The van der Waals surface area contributed by atoms with Gasteiger partial charge >= 0.3 is 12.1 Å². The molecule has 1 aromatic carbocycles. The van der Waals surface area contributed by atoms with Gasteiger partial charge in [0.1, 0.15) is 11.2 Å². The number of hydrogen-bond donors (Lipinski definition) is 1. The average molecular weight is 337 g/mol. The number of anilines is 1. The normalized spacial score (nSPS) is 10.7. The Balaban J connectivity index is 0.00000220. The fraction of sp³-hybridized carbons (Fsp3) is 0.0769. The molecule has 0 atom stereocenters. The Morgan fingerprint density at radius 2 is 1.81 bits per heavy atom. The van der Waals surface area contributed by atoms with Crippen LogP contribution in [0.5, 0.6) is 0 Å². The zero-order valence-electron chi connectivity index (χ0n) is 10.3. The molecule has 2 aromatic rings. The predicted molar refractivity (Wildman–Crippen MR) is 67.4 cm³/mol. The minimum atomic E-state index is -4.50. The van der Waals surface area contributed by atoms with Gasteiger partial charge in [-0.2, -0.15) is 13.2 Å².